The number of carbonyl (C=O) groups is 1. The smallest absolute Gasteiger partial charge is 0.230 e. The molecular weight excluding hydrogens is 322 g/mol. The van der Waals surface area contributed by atoms with Crippen molar-refractivity contribution in [2.45, 2.75) is 68.6 Å². The van der Waals surface area contributed by atoms with Crippen molar-refractivity contribution in [2.24, 2.45) is 7.05 Å². The van der Waals surface area contributed by atoms with Crippen molar-refractivity contribution < 1.29 is 4.79 Å². The Morgan fingerprint density at radius 1 is 1.25 bits per heavy atom. The molecule has 2 aliphatic rings. The number of nitrogens with one attached hydrogen (secondary N) is 1. The van der Waals surface area contributed by atoms with Crippen LogP contribution < -0.4 is 5.32 Å². The molecule has 0 unspecified atom stereocenters. The van der Waals surface area contributed by atoms with Crippen LogP contribution in [0.15, 0.2) is 11.5 Å². The minimum absolute atomic E-state index is 0.107. The second-order valence-corrected chi connectivity index (χ2v) is 8.00. The van der Waals surface area contributed by atoms with E-state index in [2.05, 4.69) is 20.4 Å². The first-order chi connectivity index (χ1) is 11.7. The lowest BCUT2D eigenvalue weighted by molar-refractivity contribution is -0.119. The van der Waals surface area contributed by atoms with Gasteiger partial charge < -0.3 is 9.88 Å². The molecule has 6 nitrogen and oxygen atoms in total. The molecule has 1 aliphatic carbocycles. The van der Waals surface area contributed by atoms with Crippen molar-refractivity contribution in [3.05, 3.63) is 6.33 Å². The van der Waals surface area contributed by atoms with E-state index in [1.165, 1.54) is 63.3 Å². The van der Waals surface area contributed by atoms with Crippen LogP contribution in [0, 0.1) is 0 Å². The van der Waals surface area contributed by atoms with Gasteiger partial charge >= 0.3 is 0 Å². The summed E-state index contributed by atoms with van der Waals surface area (Å²) in [5, 5.41) is 11.9. The third-order valence-electron chi connectivity index (χ3n) is 5.16. The normalized spacial score (nSPS) is 23.8. The molecule has 1 saturated carbocycles. The van der Waals surface area contributed by atoms with Gasteiger partial charge in [0.25, 0.3) is 0 Å². The fourth-order valence-corrected chi connectivity index (χ4v) is 4.58. The summed E-state index contributed by atoms with van der Waals surface area (Å²) >= 11 is 1.45. The quantitative estimate of drug-likeness (QED) is 0.651. The third kappa shape index (κ3) is 4.96. The molecule has 1 aromatic heterocycles. The van der Waals surface area contributed by atoms with Crippen LogP contribution in [-0.4, -0.2) is 56.5 Å². The number of carbonyl (C=O) groups excluding carboxylic acids is 1. The van der Waals surface area contributed by atoms with Crippen molar-refractivity contribution in [3.63, 3.8) is 0 Å². The predicted octanol–water partition coefficient (Wildman–Crippen LogP) is 2.21. The van der Waals surface area contributed by atoms with Crippen LogP contribution in [0.25, 0.3) is 0 Å². The minimum atomic E-state index is 0.107. The highest BCUT2D eigenvalue weighted by atomic mass is 32.2. The topological polar surface area (TPSA) is 63.1 Å². The van der Waals surface area contributed by atoms with E-state index >= 15 is 0 Å². The van der Waals surface area contributed by atoms with E-state index in [0.717, 1.165) is 24.2 Å². The molecule has 1 saturated heterocycles. The average Bonchev–Trinajstić information content (AvgIpc) is 2.83. The Balaban J connectivity index is 1.44. The zero-order valence-corrected chi connectivity index (χ0v) is 15.4. The zero-order valence-electron chi connectivity index (χ0n) is 14.6. The second kappa shape index (κ2) is 8.85. The molecule has 0 radical (unpaired) electrons. The predicted molar refractivity (Wildman–Crippen MR) is 96.0 cm³/mol. The van der Waals surface area contributed by atoms with E-state index in [-0.39, 0.29) is 5.91 Å². The lowest BCUT2D eigenvalue weighted by atomic mass is 10.00. The Morgan fingerprint density at radius 3 is 2.75 bits per heavy atom. The summed E-state index contributed by atoms with van der Waals surface area (Å²) in [4.78, 5) is 14.9. The summed E-state index contributed by atoms with van der Waals surface area (Å²) in [7, 11) is 1.89. The standard InChI is InChI=1S/C17H29N5OS/c1-21-13-18-20-17(21)24-12-16(23)19-14-7-6-10-22(11-14)15-8-4-2-3-5-9-15/h13-15H,2-12H2,1H3,(H,19,23)/t14-/m1/s1. The maximum absolute atomic E-state index is 12.2. The van der Waals surface area contributed by atoms with Crippen LogP contribution >= 0.6 is 11.8 Å². The van der Waals surface area contributed by atoms with Crippen molar-refractivity contribution in [3.8, 4) is 0 Å². The number of thioether (sulfide) groups is 1. The first kappa shape index (κ1) is 17.7. The third-order valence-corrected chi connectivity index (χ3v) is 6.20. The van der Waals surface area contributed by atoms with Crippen LogP contribution in [0.5, 0.6) is 0 Å². The van der Waals surface area contributed by atoms with Crippen molar-refractivity contribution >= 4 is 17.7 Å². The molecule has 1 amide bonds. The molecule has 1 aromatic rings. The number of hydrogen-bond acceptors (Lipinski definition) is 5. The van der Waals surface area contributed by atoms with E-state index in [0.29, 0.717) is 11.8 Å². The van der Waals surface area contributed by atoms with Gasteiger partial charge in [-0.1, -0.05) is 37.4 Å². The zero-order chi connectivity index (χ0) is 16.8. The van der Waals surface area contributed by atoms with Gasteiger partial charge in [-0.05, 0) is 32.2 Å². The number of aryl methyl sites for hydroxylation is 1. The molecule has 0 aromatic carbocycles. The van der Waals surface area contributed by atoms with Crippen LogP contribution in [0.2, 0.25) is 0 Å². The summed E-state index contributed by atoms with van der Waals surface area (Å²) in [5.41, 5.74) is 0. The number of piperidine rings is 1. The van der Waals surface area contributed by atoms with Crippen LogP contribution in [0.1, 0.15) is 51.4 Å². The maximum Gasteiger partial charge on any atom is 0.230 e. The number of rotatable bonds is 5. The van der Waals surface area contributed by atoms with Gasteiger partial charge in [0, 0.05) is 25.7 Å². The van der Waals surface area contributed by atoms with Gasteiger partial charge in [-0.2, -0.15) is 0 Å². The van der Waals surface area contributed by atoms with Gasteiger partial charge in [-0.25, -0.2) is 0 Å². The summed E-state index contributed by atoms with van der Waals surface area (Å²) in [6.07, 6.45) is 12.1. The Hall–Kier alpha value is -1.08. The molecule has 2 heterocycles. The van der Waals surface area contributed by atoms with E-state index in [4.69, 9.17) is 0 Å². The Morgan fingerprint density at radius 2 is 2.04 bits per heavy atom. The van der Waals surface area contributed by atoms with E-state index in [9.17, 15) is 4.79 Å². The molecule has 3 rings (SSSR count). The fraction of sp³-hybridized carbons (Fsp3) is 0.824. The van der Waals surface area contributed by atoms with Gasteiger partial charge in [0.15, 0.2) is 5.16 Å². The second-order valence-electron chi connectivity index (χ2n) is 7.06. The molecule has 1 aliphatic heterocycles. The average molecular weight is 352 g/mol. The minimum Gasteiger partial charge on any atom is -0.351 e. The van der Waals surface area contributed by atoms with E-state index in [1.54, 1.807) is 6.33 Å². The fourth-order valence-electron chi connectivity index (χ4n) is 3.88. The van der Waals surface area contributed by atoms with Gasteiger partial charge in [-0.15, -0.1) is 10.2 Å². The number of likely N-dealkylation sites (tertiary alicyclic amines) is 1. The first-order valence-electron chi connectivity index (χ1n) is 9.22. The van der Waals surface area contributed by atoms with Gasteiger partial charge in [0.1, 0.15) is 6.33 Å². The summed E-state index contributed by atoms with van der Waals surface area (Å²) < 4.78 is 1.84. The number of hydrogen-bond donors (Lipinski definition) is 1. The molecule has 0 spiro atoms. The molecule has 24 heavy (non-hydrogen) atoms. The SMILES string of the molecule is Cn1cnnc1SCC(=O)N[C@@H]1CCCN(C2CCCCCC2)C1. The number of aromatic nitrogens is 3. The highest BCUT2D eigenvalue weighted by Gasteiger charge is 2.27. The summed E-state index contributed by atoms with van der Waals surface area (Å²) in [5.74, 6) is 0.516. The monoisotopic (exact) mass is 351 g/mol. The van der Waals surface area contributed by atoms with Crippen molar-refractivity contribution in [1.82, 2.24) is 25.0 Å². The van der Waals surface area contributed by atoms with Crippen LogP contribution in [0.4, 0.5) is 0 Å². The largest absolute Gasteiger partial charge is 0.351 e. The lowest BCUT2D eigenvalue weighted by Gasteiger charge is -2.38. The molecule has 0 bridgehead atoms. The van der Waals surface area contributed by atoms with Crippen LogP contribution in [0.3, 0.4) is 0 Å². The highest BCUT2D eigenvalue weighted by Crippen LogP contribution is 2.24. The molecular formula is C17H29N5OS. The number of amides is 1. The van der Waals surface area contributed by atoms with Gasteiger partial charge in [-0.3, -0.25) is 9.69 Å². The van der Waals surface area contributed by atoms with E-state index < -0.39 is 0 Å². The van der Waals surface area contributed by atoms with Gasteiger partial charge in [0.2, 0.25) is 5.91 Å². The molecule has 1 N–H and O–H groups in total. The Kier molecular flexibility index (Phi) is 6.54. The molecule has 7 heteroatoms. The number of nitrogens with zero attached hydrogens (tertiary/aromatic N) is 4. The Bertz CT molecular complexity index is 527. The maximum atomic E-state index is 12.2. The van der Waals surface area contributed by atoms with Gasteiger partial charge in [0.05, 0.1) is 5.75 Å². The van der Waals surface area contributed by atoms with Crippen molar-refractivity contribution in [1.29, 1.82) is 0 Å². The lowest BCUT2D eigenvalue weighted by Crippen LogP contribution is -2.51. The van der Waals surface area contributed by atoms with Crippen LogP contribution in [-0.2, 0) is 11.8 Å². The summed E-state index contributed by atoms with van der Waals surface area (Å²) in [6, 6.07) is 1.04. The molecule has 1 atom stereocenters. The first-order valence-corrected chi connectivity index (χ1v) is 10.2. The molecule has 2 fully saturated rings. The highest BCUT2D eigenvalue weighted by molar-refractivity contribution is 7.99. The van der Waals surface area contributed by atoms with E-state index in [1.807, 2.05) is 11.6 Å². The van der Waals surface area contributed by atoms with Crippen molar-refractivity contribution in [2.75, 3.05) is 18.8 Å². The summed E-state index contributed by atoms with van der Waals surface area (Å²) in [6.45, 7) is 2.22. The molecule has 134 valence electrons. The Labute approximate surface area is 148 Å².